The normalized spacial score (nSPS) is 18.7. The molecule has 326 valence electrons. The second kappa shape index (κ2) is 18.9. The lowest BCUT2D eigenvalue weighted by Gasteiger charge is -2.39. The standard InChI is InChI=1S/C45H51ClN8O6S2/c1-45(2)16-12-32(39(27-45)30-4-6-33(46)7-5-30)29-51-20-22-52(23-21-51)35-8-10-38(42(25-35)60-36-24-31-13-17-47-43(31)48-28-36)44(55)50-62(59)37-9-11-40(41(26-37)54(56)57)49-34-14-18-53(19-15-34)61(3)58/h4-11,13,17,24-26,28,34,49H,12,14-16,18-23,27,29H2,1-3H3,(H,47,48)(H,50,55). The van der Waals surface area contributed by atoms with Gasteiger partial charge in [-0.3, -0.25) is 19.8 Å². The Hall–Kier alpha value is -4.81. The maximum Gasteiger partial charge on any atom is 0.297 e. The van der Waals surface area contributed by atoms with Crippen molar-refractivity contribution in [1.29, 1.82) is 0 Å². The van der Waals surface area contributed by atoms with E-state index in [0.717, 1.165) is 68.1 Å². The van der Waals surface area contributed by atoms with E-state index in [1.165, 1.54) is 34.9 Å². The number of carbonyl (C=O) groups is 1. The number of piperazine rings is 1. The summed E-state index contributed by atoms with van der Waals surface area (Å²) >= 11 is 3.03. The number of nitrogens with zero attached hydrogens (tertiary/aromatic N) is 5. The number of benzene rings is 3. The van der Waals surface area contributed by atoms with Crippen LogP contribution in [-0.2, 0) is 22.7 Å². The lowest BCUT2D eigenvalue weighted by Crippen LogP contribution is -2.47. The van der Waals surface area contributed by atoms with Crippen LogP contribution < -0.4 is 19.7 Å². The van der Waals surface area contributed by atoms with E-state index in [9.17, 15) is 24.0 Å². The molecule has 2 unspecified atom stereocenters. The van der Waals surface area contributed by atoms with E-state index in [4.69, 9.17) is 16.3 Å². The van der Waals surface area contributed by atoms with E-state index in [0.29, 0.717) is 37.3 Å². The molecule has 1 amide bonds. The molecule has 0 spiro atoms. The van der Waals surface area contributed by atoms with Crippen molar-refractivity contribution in [3.63, 3.8) is 0 Å². The van der Waals surface area contributed by atoms with Gasteiger partial charge < -0.3 is 29.0 Å². The number of piperidine rings is 1. The van der Waals surface area contributed by atoms with Crippen molar-refractivity contribution in [3.05, 3.63) is 117 Å². The zero-order valence-corrected chi connectivity index (χ0v) is 37.4. The number of nitro benzene ring substituents is 1. The third kappa shape index (κ3) is 10.3. The first-order valence-electron chi connectivity index (χ1n) is 20.8. The molecule has 3 aliphatic rings. The Labute approximate surface area is 372 Å². The number of aromatic amines is 1. The van der Waals surface area contributed by atoms with Crippen molar-refractivity contribution in [2.24, 2.45) is 5.41 Å². The van der Waals surface area contributed by atoms with E-state index in [2.05, 4.69) is 55.8 Å². The van der Waals surface area contributed by atoms with Crippen molar-refractivity contribution in [2.75, 3.05) is 62.3 Å². The number of amides is 1. The van der Waals surface area contributed by atoms with Gasteiger partial charge in [0.2, 0.25) is 0 Å². The third-order valence-electron chi connectivity index (χ3n) is 12.1. The summed E-state index contributed by atoms with van der Waals surface area (Å²) in [5.41, 5.74) is 6.14. The first-order valence-corrected chi connectivity index (χ1v) is 23.9. The van der Waals surface area contributed by atoms with Crippen molar-refractivity contribution in [3.8, 4) is 11.5 Å². The lowest BCUT2D eigenvalue weighted by atomic mass is 9.72. The molecule has 2 atom stereocenters. The molecule has 3 N–H and O–H groups in total. The number of nitrogens with one attached hydrogen (secondary N) is 3. The summed E-state index contributed by atoms with van der Waals surface area (Å²) in [6, 6.07) is 21.5. The zero-order valence-electron chi connectivity index (χ0n) is 35.0. The van der Waals surface area contributed by atoms with Gasteiger partial charge in [0.1, 0.15) is 40.5 Å². The maximum absolute atomic E-state index is 13.9. The minimum absolute atomic E-state index is 0.0519. The number of fused-ring (bicyclic) bond motifs is 1. The average Bonchev–Trinajstić information content (AvgIpc) is 3.73. The Morgan fingerprint density at radius 2 is 1.76 bits per heavy atom. The van der Waals surface area contributed by atoms with E-state index in [1.807, 2.05) is 40.7 Å². The largest absolute Gasteiger partial charge is 0.598 e. The first kappa shape index (κ1) is 43.8. The Balaban J connectivity index is 0.979. The quantitative estimate of drug-likeness (QED) is 0.0588. The van der Waals surface area contributed by atoms with Crippen molar-refractivity contribution < 1.29 is 23.6 Å². The Morgan fingerprint density at radius 1 is 1.00 bits per heavy atom. The lowest BCUT2D eigenvalue weighted by molar-refractivity contribution is -0.384. The SMILES string of the molecule is C[S+]([O-])N1CCC(Nc2ccc([S+]([O-])NC(=O)c3ccc(N4CCN(CC5=C(c6ccc(Cl)cc6)CC(C)(C)CC5)CC4)cc3Oc3cnc4[nH]ccc4c3)cc2[N+](=O)[O-])CC1. The molecule has 2 saturated heterocycles. The smallest absolute Gasteiger partial charge is 0.297 e. The number of aromatic nitrogens is 2. The van der Waals surface area contributed by atoms with Gasteiger partial charge in [0.15, 0.2) is 4.90 Å². The highest BCUT2D eigenvalue weighted by atomic mass is 35.5. The minimum Gasteiger partial charge on any atom is -0.598 e. The number of ether oxygens (including phenoxy) is 1. The molecular weight excluding hydrogens is 848 g/mol. The molecule has 0 saturated carbocycles. The predicted molar refractivity (Wildman–Crippen MR) is 247 cm³/mol. The van der Waals surface area contributed by atoms with Crippen LogP contribution in [0.4, 0.5) is 17.1 Å². The summed E-state index contributed by atoms with van der Waals surface area (Å²) in [6.45, 7) is 10.0. The Kier molecular flexibility index (Phi) is 13.4. The molecular formula is C45H51ClN8O6S2. The fraction of sp³-hybridized carbons (Fsp3) is 0.378. The van der Waals surface area contributed by atoms with Crippen LogP contribution in [0.5, 0.6) is 11.5 Å². The van der Waals surface area contributed by atoms with Crippen LogP contribution >= 0.6 is 11.6 Å². The zero-order chi connectivity index (χ0) is 43.5. The number of rotatable bonds is 13. The number of halogens is 1. The fourth-order valence-electron chi connectivity index (χ4n) is 8.56. The van der Waals surface area contributed by atoms with Gasteiger partial charge in [-0.25, -0.2) is 4.98 Å². The van der Waals surface area contributed by atoms with Gasteiger partial charge in [0.25, 0.3) is 11.6 Å². The summed E-state index contributed by atoms with van der Waals surface area (Å²) in [5.74, 6) is -0.0000688. The fourth-order valence-corrected chi connectivity index (χ4v) is 10.2. The van der Waals surface area contributed by atoms with E-state index >= 15 is 0 Å². The van der Waals surface area contributed by atoms with Crippen molar-refractivity contribution in [1.82, 2.24) is 23.9 Å². The van der Waals surface area contributed by atoms with Crippen LogP contribution in [0.15, 0.2) is 95.7 Å². The van der Waals surface area contributed by atoms with E-state index in [-0.39, 0.29) is 39.0 Å². The number of allylic oxidation sites excluding steroid dienone is 1. The van der Waals surface area contributed by atoms with Gasteiger partial charge in [-0.15, -0.1) is 4.31 Å². The predicted octanol–water partition coefficient (Wildman–Crippen LogP) is 8.33. The summed E-state index contributed by atoms with van der Waals surface area (Å²) in [4.78, 5) is 37.9. The van der Waals surface area contributed by atoms with E-state index in [1.54, 1.807) is 24.7 Å². The molecule has 4 heterocycles. The van der Waals surface area contributed by atoms with Crippen molar-refractivity contribution >= 4 is 73.9 Å². The first-order chi connectivity index (χ1) is 29.8. The van der Waals surface area contributed by atoms with Gasteiger partial charge >= 0.3 is 0 Å². The Morgan fingerprint density at radius 3 is 2.48 bits per heavy atom. The molecule has 1 aliphatic carbocycles. The number of hydrogen-bond donors (Lipinski definition) is 3. The number of pyridine rings is 1. The molecule has 14 nitrogen and oxygen atoms in total. The molecule has 8 rings (SSSR count). The van der Waals surface area contributed by atoms with Crippen molar-refractivity contribution in [2.45, 2.75) is 56.9 Å². The van der Waals surface area contributed by atoms with Crippen LogP contribution in [0.1, 0.15) is 61.9 Å². The van der Waals surface area contributed by atoms with Crippen LogP contribution in [0.2, 0.25) is 5.02 Å². The molecule has 2 fully saturated rings. The molecule has 3 aromatic carbocycles. The van der Waals surface area contributed by atoms with Gasteiger partial charge in [0.05, 0.1) is 22.7 Å². The van der Waals surface area contributed by atoms with Crippen LogP contribution in [-0.4, -0.2) is 97.2 Å². The Bertz CT molecular complexity index is 2450. The highest BCUT2D eigenvalue weighted by molar-refractivity contribution is 7.90. The second-order valence-electron chi connectivity index (χ2n) is 17.0. The number of H-pyrrole nitrogens is 1. The molecule has 17 heteroatoms. The topological polar surface area (TPSA) is 178 Å². The monoisotopic (exact) mass is 898 g/mol. The molecule has 62 heavy (non-hydrogen) atoms. The minimum atomic E-state index is -2.14. The van der Waals surface area contributed by atoms with Crippen LogP contribution in [0, 0.1) is 15.5 Å². The molecule has 2 aromatic heterocycles. The summed E-state index contributed by atoms with van der Waals surface area (Å²) in [7, 11) is 0. The number of anilines is 2. The van der Waals surface area contributed by atoms with Gasteiger partial charge in [-0.2, -0.15) is 4.72 Å². The number of carbonyl (C=O) groups excluding carboxylic acids is 1. The number of hydrogen-bond acceptors (Lipinski definition) is 11. The number of nitro groups is 1. The summed E-state index contributed by atoms with van der Waals surface area (Å²) in [6.07, 6.45) is 9.57. The highest BCUT2D eigenvalue weighted by Gasteiger charge is 2.31. The second-order valence-corrected chi connectivity index (χ2v) is 20.0. The van der Waals surface area contributed by atoms with Crippen LogP contribution in [0.25, 0.3) is 16.6 Å². The molecule has 2 aliphatic heterocycles. The van der Waals surface area contributed by atoms with E-state index < -0.39 is 33.6 Å². The summed E-state index contributed by atoms with van der Waals surface area (Å²) in [5, 5.41) is 17.0. The highest BCUT2D eigenvalue weighted by Crippen LogP contribution is 2.43. The van der Waals surface area contributed by atoms with Gasteiger partial charge in [-0.05, 0) is 97.2 Å². The van der Waals surface area contributed by atoms with Gasteiger partial charge in [-0.1, -0.05) is 43.2 Å². The van der Waals surface area contributed by atoms with Crippen LogP contribution in [0.3, 0.4) is 0 Å². The molecule has 0 radical (unpaired) electrons. The maximum atomic E-state index is 13.9. The third-order valence-corrected chi connectivity index (χ3v) is 14.5. The summed E-state index contributed by atoms with van der Waals surface area (Å²) < 4.78 is 36.3. The molecule has 5 aromatic rings. The average molecular weight is 900 g/mol. The van der Waals surface area contributed by atoms with Gasteiger partial charge in [0, 0.05) is 91.6 Å². The molecule has 0 bridgehead atoms.